The van der Waals surface area contributed by atoms with Crippen LogP contribution in [0.5, 0.6) is 0 Å². The van der Waals surface area contributed by atoms with Gasteiger partial charge in [0.15, 0.2) is 0 Å². The minimum Gasteiger partial charge on any atom is -0.345 e. The van der Waals surface area contributed by atoms with E-state index in [2.05, 4.69) is 25.3 Å². The van der Waals surface area contributed by atoms with E-state index in [9.17, 15) is 4.79 Å². The van der Waals surface area contributed by atoms with Crippen LogP contribution < -0.4 is 5.32 Å². The Morgan fingerprint density at radius 3 is 2.65 bits per heavy atom. The summed E-state index contributed by atoms with van der Waals surface area (Å²) in [5.74, 6) is 0.639. The lowest BCUT2D eigenvalue weighted by molar-refractivity contribution is 0.102. The number of amides is 1. The van der Waals surface area contributed by atoms with Crippen molar-refractivity contribution in [2.24, 2.45) is 0 Å². The van der Waals surface area contributed by atoms with Crippen LogP contribution >= 0.6 is 0 Å². The van der Waals surface area contributed by atoms with E-state index >= 15 is 0 Å². The maximum Gasteiger partial charge on any atom is 0.255 e. The smallest absolute Gasteiger partial charge is 0.255 e. The molecule has 112 valence electrons. The third-order valence-corrected chi connectivity index (χ3v) is 3.60. The highest BCUT2D eigenvalue weighted by Crippen LogP contribution is 2.19. The van der Waals surface area contributed by atoms with Gasteiger partial charge < -0.3 is 15.3 Å². The van der Waals surface area contributed by atoms with Crippen LogP contribution in [0, 0.1) is 0 Å². The van der Waals surface area contributed by atoms with E-state index < -0.39 is 0 Å². The molecule has 1 amide bonds. The third-order valence-electron chi connectivity index (χ3n) is 3.60. The zero-order valence-corrected chi connectivity index (χ0v) is 12.1. The predicted octanol–water partition coefficient (Wildman–Crippen LogP) is 3.21. The second-order valence-corrected chi connectivity index (χ2v) is 5.10. The number of carbonyl (C=O) groups is 1. The largest absolute Gasteiger partial charge is 0.345 e. The Hall–Kier alpha value is -3.41. The summed E-state index contributed by atoms with van der Waals surface area (Å²) in [4.78, 5) is 26.7. The lowest BCUT2D eigenvalue weighted by atomic mass is 10.1. The molecule has 0 aliphatic heterocycles. The number of nitrogens with one attached hydrogen (secondary N) is 3. The molecular formula is C17H13N5O. The average Bonchev–Trinajstić information content (AvgIpc) is 3.26. The van der Waals surface area contributed by atoms with Crippen molar-refractivity contribution in [1.82, 2.24) is 19.9 Å². The van der Waals surface area contributed by atoms with Gasteiger partial charge in [0.25, 0.3) is 5.91 Å². The van der Waals surface area contributed by atoms with Crippen LogP contribution in [-0.2, 0) is 0 Å². The van der Waals surface area contributed by atoms with E-state index in [0.717, 1.165) is 28.1 Å². The number of anilines is 1. The van der Waals surface area contributed by atoms with Crippen LogP contribution in [0.1, 0.15) is 10.4 Å². The van der Waals surface area contributed by atoms with Crippen molar-refractivity contribution in [1.29, 1.82) is 0 Å². The molecule has 6 heteroatoms. The topological polar surface area (TPSA) is 86.5 Å². The number of hydrogen-bond acceptors (Lipinski definition) is 3. The summed E-state index contributed by atoms with van der Waals surface area (Å²) in [7, 11) is 0. The predicted molar refractivity (Wildman–Crippen MR) is 88.1 cm³/mol. The van der Waals surface area contributed by atoms with E-state index in [1.165, 1.54) is 0 Å². The SMILES string of the molecule is O=C(Nc1ccc(-c2ncc[nH]2)cc1)c1ccc2nc[nH]c2c1. The molecule has 0 spiro atoms. The van der Waals surface area contributed by atoms with Crippen LogP contribution in [0.4, 0.5) is 5.69 Å². The standard InChI is InChI=1S/C17H13N5O/c23-17(12-3-6-14-15(9-12)21-10-20-14)22-13-4-1-11(2-5-13)16-18-7-8-19-16/h1-10H,(H,18,19)(H,20,21)(H,22,23). The van der Waals surface area contributed by atoms with E-state index in [4.69, 9.17) is 0 Å². The molecule has 4 rings (SSSR count). The molecule has 6 nitrogen and oxygen atoms in total. The fourth-order valence-corrected chi connectivity index (χ4v) is 2.41. The first-order valence-corrected chi connectivity index (χ1v) is 7.14. The molecule has 0 saturated heterocycles. The summed E-state index contributed by atoms with van der Waals surface area (Å²) in [6.07, 6.45) is 5.09. The van der Waals surface area contributed by atoms with Crippen molar-refractivity contribution >= 4 is 22.6 Å². The molecule has 0 unspecified atom stereocenters. The Labute approximate surface area is 131 Å². The summed E-state index contributed by atoms with van der Waals surface area (Å²) < 4.78 is 0. The van der Waals surface area contributed by atoms with Gasteiger partial charge in [-0.2, -0.15) is 0 Å². The number of carbonyl (C=O) groups excluding carboxylic acids is 1. The van der Waals surface area contributed by atoms with Gasteiger partial charge in [-0.15, -0.1) is 0 Å². The van der Waals surface area contributed by atoms with Crippen molar-refractivity contribution in [3.8, 4) is 11.4 Å². The fraction of sp³-hybridized carbons (Fsp3) is 0. The molecule has 2 heterocycles. The van der Waals surface area contributed by atoms with Gasteiger partial charge in [-0.05, 0) is 42.5 Å². The van der Waals surface area contributed by atoms with Crippen LogP contribution in [0.15, 0.2) is 61.2 Å². The molecule has 2 aromatic carbocycles. The minimum absolute atomic E-state index is 0.160. The first-order chi connectivity index (χ1) is 11.3. The maximum atomic E-state index is 12.3. The zero-order valence-electron chi connectivity index (χ0n) is 12.1. The van der Waals surface area contributed by atoms with Crippen molar-refractivity contribution in [2.75, 3.05) is 5.32 Å². The summed E-state index contributed by atoms with van der Waals surface area (Å²) >= 11 is 0. The Balaban J connectivity index is 1.53. The summed E-state index contributed by atoms with van der Waals surface area (Å²) in [6.45, 7) is 0. The first-order valence-electron chi connectivity index (χ1n) is 7.14. The van der Waals surface area contributed by atoms with Gasteiger partial charge in [0.1, 0.15) is 5.82 Å². The number of aromatic nitrogens is 4. The van der Waals surface area contributed by atoms with Crippen molar-refractivity contribution in [3.05, 3.63) is 66.7 Å². The van der Waals surface area contributed by atoms with Crippen LogP contribution in [0.25, 0.3) is 22.4 Å². The molecule has 0 aliphatic rings. The third kappa shape index (κ3) is 2.57. The number of nitrogens with zero attached hydrogens (tertiary/aromatic N) is 2. The minimum atomic E-state index is -0.160. The normalized spacial score (nSPS) is 10.8. The second kappa shape index (κ2) is 5.42. The Kier molecular flexibility index (Phi) is 3.12. The molecule has 0 fully saturated rings. The van der Waals surface area contributed by atoms with E-state index in [-0.39, 0.29) is 5.91 Å². The maximum absolute atomic E-state index is 12.3. The molecule has 23 heavy (non-hydrogen) atoms. The van der Waals surface area contributed by atoms with Crippen molar-refractivity contribution < 1.29 is 4.79 Å². The molecule has 0 saturated carbocycles. The molecule has 0 atom stereocenters. The van der Waals surface area contributed by atoms with Crippen molar-refractivity contribution in [3.63, 3.8) is 0 Å². The molecule has 4 aromatic rings. The summed E-state index contributed by atoms with van der Waals surface area (Å²) in [5.41, 5.74) is 3.95. The van der Waals surface area contributed by atoms with E-state index in [0.29, 0.717) is 5.56 Å². The highest BCUT2D eigenvalue weighted by molar-refractivity contribution is 6.05. The fourth-order valence-electron chi connectivity index (χ4n) is 2.41. The quantitative estimate of drug-likeness (QED) is 0.543. The number of imidazole rings is 2. The lowest BCUT2D eigenvalue weighted by Crippen LogP contribution is -2.11. The van der Waals surface area contributed by atoms with Crippen LogP contribution in [0.2, 0.25) is 0 Å². The van der Waals surface area contributed by atoms with Crippen molar-refractivity contribution in [2.45, 2.75) is 0 Å². The highest BCUT2D eigenvalue weighted by Gasteiger charge is 2.08. The van der Waals surface area contributed by atoms with Gasteiger partial charge >= 0.3 is 0 Å². The number of rotatable bonds is 3. The first kappa shape index (κ1) is 13.3. The Morgan fingerprint density at radius 2 is 1.87 bits per heavy atom. The van der Waals surface area contributed by atoms with Gasteiger partial charge in [-0.25, -0.2) is 9.97 Å². The Bertz CT molecular complexity index is 954. The van der Waals surface area contributed by atoms with Gasteiger partial charge in [0, 0.05) is 29.2 Å². The highest BCUT2D eigenvalue weighted by atomic mass is 16.1. The number of aromatic amines is 2. The van der Waals surface area contributed by atoms with Crippen LogP contribution in [-0.4, -0.2) is 25.8 Å². The number of hydrogen-bond donors (Lipinski definition) is 3. The number of fused-ring (bicyclic) bond motifs is 1. The zero-order chi connectivity index (χ0) is 15.6. The molecular weight excluding hydrogens is 290 g/mol. The molecule has 0 bridgehead atoms. The monoisotopic (exact) mass is 303 g/mol. The molecule has 3 N–H and O–H groups in total. The van der Waals surface area contributed by atoms with Gasteiger partial charge in [0.05, 0.1) is 17.4 Å². The van der Waals surface area contributed by atoms with Gasteiger partial charge in [-0.1, -0.05) is 0 Å². The summed E-state index contributed by atoms with van der Waals surface area (Å²) in [6, 6.07) is 12.9. The average molecular weight is 303 g/mol. The molecule has 0 aliphatic carbocycles. The van der Waals surface area contributed by atoms with Crippen LogP contribution in [0.3, 0.4) is 0 Å². The second-order valence-electron chi connectivity index (χ2n) is 5.10. The molecule has 2 aromatic heterocycles. The Morgan fingerprint density at radius 1 is 1.00 bits per heavy atom. The van der Waals surface area contributed by atoms with E-state index in [1.54, 1.807) is 30.9 Å². The van der Waals surface area contributed by atoms with Gasteiger partial charge in [-0.3, -0.25) is 4.79 Å². The number of H-pyrrole nitrogens is 2. The molecule has 0 radical (unpaired) electrons. The lowest BCUT2D eigenvalue weighted by Gasteiger charge is -2.06. The summed E-state index contributed by atoms with van der Waals surface area (Å²) in [5, 5.41) is 2.88. The van der Waals surface area contributed by atoms with Gasteiger partial charge in [0.2, 0.25) is 0 Å². The number of benzene rings is 2. The van der Waals surface area contributed by atoms with E-state index in [1.807, 2.05) is 30.3 Å².